The monoisotopic (exact) mass is 336 g/mol. The minimum atomic E-state index is 0.219. The first-order valence-corrected chi connectivity index (χ1v) is 7.26. The Morgan fingerprint density at radius 3 is 2.65 bits per heavy atom. The number of halogens is 1. The quantitative estimate of drug-likeness (QED) is 0.865. The van der Waals surface area contributed by atoms with Crippen molar-refractivity contribution >= 4 is 21.8 Å². The summed E-state index contributed by atoms with van der Waals surface area (Å²) in [5.74, 6) is 1.79. The number of hydrogen-bond acceptors (Lipinski definition) is 5. The molecule has 1 aliphatic heterocycles. The van der Waals surface area contributed by atoms with E-state index in [4.69, 9.17) is 19.7 Å². The van der Waals surface area contributed by atoms with Gasteiger partial charge in [0.25, 0.3) is 0 Å². The number of anilines is 1. The molecule has 2 aliphatic rings. The van der Waals surface area contributed by atoms with Crippen LogP contribution >= 0.6 is 15.9 Å². The molecule has 0 amide bonds. The molecule has 1 saturated carbocycles. The van der Waals surface area contributed by atoms with Crippen LogP contribution in [0.25, 0.3) is 11.3 Å². The van der Waals surface area contributed by atoms with Crippen molar-refractivity contribution in [3.8, 4) is 22.8 Å². The lowest BCUT2D eigenvalue weighted by Gasteiger charge is -2.10. The van der Waals surface area contributed by atoms with Crippen molar-refractivity contribution in [2.45, 2.75) is 12.8 Å². The summed E-state index contributed by atoms with van der Waals surface area (Å²) in [6.45, 7) is 1.42. The highest BCUT2D eigenvalue weighted by Crippen LogP contribution is 2.51. The van der Waals surface area contributed by atoms with Gasteiger partial charge < -0.3 is 19.7 Å². The molecular weight excluding hydrogens is 324 g/mol. The van der Waals surface area contributed by atoms with E-state index < -0.39 is 0 Å². The predicted molar refractivity (Wildman–Crippen MR) is 76.7 cm³/mol. The first kappa shape index (κ1) is 12.1. The average Bonchev–Trinajstić information content (AvgIpc) is 3.12. The number of nitrogens with zero attached hydrogens (tertiary/aromatic N) is 1. The lowest BCUT2D eigenvalue weighted by atomic mass is 10.1. The number of nitrogens with two attached hydrogens (primary N) is 1. The Morgan fingerprint density at radius 2 is 1.95 bits per heavy atom. The van der Waals surface area contributed by atoms with E-state index in [-0.39, 0.29) is 5.41 Å². The van der Waals surface area contributed by atoms with E-state index in [0.29, 0.717) is 18.2 Å². The van der Waals surface area contributed by atoms with E-state index in [1.54, 1.807) is 6.07 Å². The van der Waals surface area contributed by atoms with E-state index in [1.165, 1.54) is 12.8 Å². The summed E-state index contributed by atoms with van der Waals surface area (Å²) in [7, 11) is 0. The lowest BCUT2D eigenvalue weighted by Crippen LogP contribution is -2.17. The Kier molecular flexibility index (Phi) is 2.51. The van der Waals surface area contributed by atoms with E-state index in [1.807, 2.05) is 12.1 Å². The van der Waals surface area contributed by atoms with Gasteiger partial charge in [-0.05, 0) is 40.9 Å². The molecule has 0 unspecified atom stereocenters. The molecule has 1 spiro atoms. The molecule has 0 radical (unpaired) electrons. The van der Waals surface area contributed by atoms with Crippen LogP contribution in [0.2, 0.25) is 0 Å². The molecule has 1 aromatic carbocycles. The van der Waals surface area contributed by atoms with Crippen LogP contribution in [0.15, 0.2) is 27.2 Å². The zero-order chi connectivity index (χ0) is 13.7. The molecular formula is C14H13BrN2O3. The topological polar surface area (TPSA) is 70.5 Å². The molecule has 1 aliphatic carbocycles. The molecule has 4 rings (SSSR count). The van der Waals surface area contributed by atoms with Crippen LogP contribution in [0.5, 0.6) is 11.5 Å². The smallest absolute Gasteiger partial charge is 0.222 e. The van der Waals surface area contributed by atoms with Crippen LogP contribution in [0.1, 0.15) is 12.8 Å². The number of nitrogen functional groups attached to an aromatic ring is 1. The van der Waals surface area contributed by atoms with Crippen LogP contribution in [0, 0.1) is 5.41 Å². The van der Waals surface area contributed by atoms with Gasteiger partial charge in [0, 0.05) is 17.0 Å². The summed E-state index contributed by atoms with van der Waals surface area (Å²) in [6.07, 6.45) is 2.34. The zero-order valence-electron chi connectivity index (χ0n) is 10.7. The Morgan fingerprint density at radius 1 is 1.15 bits per heavy atom. The van der Waals surface area contributed by atoms with Gasteiger partial charge in [-0.25, -0.2) is 0 Å². The third kappa shape index (κ3) is 1.95. The highest BCUT2D eigenvalue weighted by molar-refractivity contribution is 9.10. The SMILES string of the molecule is Nc1cc(-c2cc(Br)c3c(c2)OCC2(CC2)CO3)no1. The molecule has 0 atom stereocenters. The van der Waals surface area contributed by atoms with Crippen LogP contribution in [0.4, 0.5) is 5.88 Å². The molecule has 2 aromatic rings. The van der Waals surface area contributed by atoms with Crippen LogP contribution in [-0.2, 0) is 0 Å². The normalized spacial score (nSPS) is 18.9. The molecule has 2 heterocycles. The van der Waals surface area contributed by atoms with Crippen molar-refractivity contribution < 1.29 is 14.0 Å². The summed E-state index contributed by atoms with van der Waals surface area (Å²) in [5.41, 5.74) is 7.34. The number of rotatable bonds is 1. The number of fused-ring (bicyclic) bond motifs is 1. The van der Waals surface area contributed by atoms with Crippen LogP contribution < -0.4 is 15.2 Å². The minimum Gasteiger partial charge on any atom is -0.489 e. The second kappa shape index (κ2) is 4.15. The molecule has 2 N–H and O–H groups in total. The first-order chi connectivity index (χ1) is 9.65. The molecule has 0 saturated heterocycles. The fourth-order valence-corrected chi connectivity index (χ4v) is 2.91. The summed E-state index contributed by atoms with van der Waals surface area (Å²) in [5, 5.41) is 3.92. The average molecular weight is 337 g/mol. The molecule has 20 heavy (non-hydrogen) atoms. The fourth-order valence-electron chi connectivity index (χ4n) is 2.35. The van der Waals surface area contributed by atoms with Crippen molar-refractivity contribution in [2.24, 2.45) is 5.41 Å². The molecule has 104 valence electrons. The first-order valence-electron chi connectivity index (χ1n) is 6.47. The summed E-state index contributed by atoms with van der Waals surface area (Å²) >= 11 is 3.53. The number of benzene rings is 1. The Bertz CT molecular complexity index is 679. The second-order valence-electron chi connectivity index (χ2n) is 5.48. The van der Waals surface area contributed by atoms with Crippen molar-refractivity contribution in [1.82, 2.24) is 5.16 Å². The van der Waals surface area contributed by atoms with Crippen molar-refractivity contribution in [1.29, 1.82) is 0 Å². The van der Waals surface area contributed by atoms with Gasteiger partial charge in [-0.1, -0.05) is 5.16 Å². The van der Waals surface area contributed by atoms with Crippen LogP contribution in [0.3, 0.4) is 0 Å². The predicted octanol–water partition coefficient (Wildman–Crippen LogP) is 3.24. The van der Waals surface area contributed by atoms with Crippen molar-refractivity contribution in [2.75, 3.05) is 18.9 Å². The lowest BCUT2D eigenvalue weighted by molar-refractivity contribution is 0.196. The van der Waals surface area contributed by atoms with Crippen LogP contribution in [-0.4, -0.2) is 18.4 Å². The highest BCUT2D eigenvalue weighted by atomic mass is 79.9. The van der Waals surface area contributed by atoms with Gasteiger partial charge in [0.05, 0.1) is 17.7 Å². The fraction of sp³-hybridized carbons (Fsp3) is 0.357. The summed E-state index contributed by atoms with van der Waals surface area (Å²) in [4.78, 5) is 0. The van der Waals surface area contributed by atoms with Gasteiger partial charge in [-0.3, -0.25) is 0 Å². The number of ether oxygens (including phenoxy) is 2. The molecule has 1 aromatic heterocycles. The van der Waals surface area contributed by atoms with Gasteiger partial charge in [0.2, 0.25) is 5.88 Å². The van der Waals surface area contributed by atoms with Gasteiger partial charge in [0.1, 0.15) is 5.69 Å². The van der Waals surface area contributed by atoms with Gasteiger partial charge in [-0.15, -0.1) is 0 Å². The summed E-state index contributed by atoms with van der Waals surface area (Å²) < 4.78 is 17.6. The number of hydrogen-bond donors (Lipinski definition) is 1. The summed E-state index contributed by atoms with van der Waals surface area (Å²) in [6, 6.07) is 5.54. The van der Waals surface area contributed by atoms with Gasteiger partial charge in [0.15, 0.2) is 11.5 Å². The van der Waals surface area contributed by atoms with E-state index in [9.17, 15) is 0 Å². The maximum absolute atomic E-state index is 5.93. The Hall–Kier alpha value is -1.69. The standard InChI is InChI=1S/C14H13BrN2O3/c15-9-3-8(10-5-12(16)20-17-10)4-11-13(9)19-7-14(1-2-14)6-18-11/h3-5H,1-2,6-7,16H2. The highest BCUT2D eigenvalue weighted by Gasteiger charge is 2.46. The Labute approximate surface area is 124 Å². The zero-order valence-corrected chi connectivity index (χ0v) is 12.3. The largest absolute Gasteiger partial charge is 0.489 e. The molecule has 0 bridgehead atoms. The van der Waals surface area contributed by atoms with Crippen molar-refractivity contribution in [3.63, 3.8) is 0 Å². The van der Waals surface area contributed by atoms with E-state index in [0.717, 1.165) is 28.1 Å². The second-order valence-corrected chi connectivity index (χ2v) is 6.33. The minimum absolute atomic E-state index is 0.219. The number of aromatic nitrogens is 1. The maximum Gasteiger partial charge on any atom is 0.222 e. The third-order valence-corrected chi connectivity index (χ3v) is 4.44. The van der Waals surface area contributed by atoms with Crippen molar-refractivity contribution in [3.05, 3.63) is 22.7 Å². The maximum atomic E-state index is 5.93. The Balaban J connectivity index is 1.75. The van der Waals surface area contributed by atoms with E-state index >= 15 is 0 Å². The molecule has 6 heteroatoms. The third-order valence-electron chi connectivity index (χ3n) is 3.85. The van der Waals surface area contributed by atoms with Gasteiger partial charge >= 0.3 is 0 Å². The molecule has 5 nitrogen and oxygen atoms in total. The molecule has 1 fully saturated rings. The van der Waals surface area contributed by atoms with E-state index in [2.05, 4.69) is 21.1 Å². The van der Waals surface area contributed by atoms with Gasteiger partial charge in [-0.2, -0.15) is 0 Å².